The highest BCUT2D eigenvalue weighted by Gasteiger charge is 2.20. The number of aliphatic hydroxyl groups is 3. The fourth-order valence-corrected chi connectivity index (χ4v) is 2.53. The van der Waals surface area contributed by atoms with Gasteiger partial charge < -0.3 is 24.8 Å². The average Bonchev–Trinajstić information content (AvgIpc) is 2.56. The average molecular weight is 351 g/mol. The molecule has 5 nitrogen and oxygen atoms in total. The summed E-state index contributed by atoms with van der Waals surface area (Å²) in [7, 11) is 0. The minimum Gasteiger partial charge on any atom is -0.394 e. The van der Waals surface area contributed by atoms with Crippen LogP contribution in [0.2, 0.25) is 0 Å². The van der Waals surface area contributed by atoms with E-state index in [1.54, 1.807) is 0 Å². The molecule has 1 fully saturated rings. The molecular formula is C19H42O5. The van der Waals surface area contributed by atoms with Gasteiger partial charge in [0.05, 0.1) is 13.2 Å². The normalized spacial score (nSPS) is 20.5. The molecule has 0 aromatic carbocycles. The second-order valence-electron chi connectivity index (χ2n) is 6.76. The Hall–Kier alpha value is -0.200. The quantitative estimate of drug-likeness (QED) is 0.615. The third-order valence-electron chi connectivity index (χ3n) is 4.23. The smallest absolute Gasteiger partial charge is 0.154 e. The van der Waals surface area contributed by atoms with Gasteiger partial charge in [0, 0.05) is 13.2 Å². The van der Waals surface area contributed by atoms with E-state index in [1.165, 1.54) is 25.7 Å². The Morgan fingerprint density at radius 2 is 1.29 bits per heavy atom. The van der Waals surface area contributed by atoms with Gasteiger partial charge in [-0.3, -0.25) is 0 Å². The van der Waals surface area contributed by atoms with Gasteiger partial charge in [0.1, 0.15) is 6.10 Å². The predicted molar refractivity (Wildman–Crippen MR) is 98.9 cm³/mol. The Balaban J connectivity index is 0. The van der Waals surface area contributed by atoms with Crippen LogP contribution in [0.15, 0.2) is 0 Å². The summed E-state index contributed by atoms with van der Waals surface area (Å²) in [6.45, 7) is 13.6. The van der Waals surface area contributed by atoms with Crippen LogP contribution in [0.4, 0.5) is 0 Å². The minimum atomic E-state index is -0.954. The molecule has 0 heterocycles. The zero-order chi connectivity index (χ0) is 19.0. The van der Waals surface area contributed by atoms with Gasteiger partial charge in [-0.1, -0.05) is 33.6 Å². The summed E-state index contributed by atoms with van der Waals surface area (Å²) in [5, 5.41) is 24.0. The van der Waals surface area contributed by atoms with Crippen molar-refractivity contribution in [3.8, 4) is 0 Å². The van der Waals surface area contributed by atoms with Crippen molar-refractivity contribution in [1.82, 2.24) is 0 Å². The first kappa shape index (κ1) is 26.0. The van der Waals surface area contributed by atoms with Crippen molar-refractivity contribution >= 4 is 0 Å². The maximum absolute atomic E-state index is 8.17. The molecule has 148 valence electrons. The third-order valence-corrected chi connectivity index (χ3v) is 4.23. The summed E-state index contributed by atoms with van der Waals surface area (Å²) < 4.78 is 10.1. The Morgan fingerprint density at radius 3 is 1.54 bits per heavy atom. The molecule has 0 aromatic rings. The van der Waals surface area contributed by atoms with Crippen molar-refractivity contribution in [3.63, 3.8) is 0 Å². The van der Waals surface area contributed by atoms with Gasteiger partial charge in [-0.05, 0) is 51.4 Å². The first-order chi connectivity index (χ1) is 11.3. The van der Waals surface area contributed by atoms with E-state index < -0.39 is 6.10 Å². The molecule has 1 aliphatic rings. The molecule has 0 aliphatic heterocycles. The summed E-state index contributed by atoms with van der Waals surface area (Å²) in [5.41, 5.74) is 0. The fraction of sp³-hybridized carbons (Fsp3) is 1.00. The summed E-state index contributed by atoms with van der Waals surface area (Å²) in [4.78, 5) is 0. The zero-order valence-corrected chi connectivity index (χ0v) is 16.7. The van der Waals surface area contributed by atoms with Crippen LogP contribution in [-0.4, -0.2) is 54.1 Å². The summed E-state index contributed by atoms with van der Waals surface area (Å²) in [6, 6.07) is 0. The topological polar surface area (TPSA) is 79.2 Å². The molecule has 0 spiro atoms. The second-order valence-corrected chi connectivity index (χ2v) is 6.76. The van der Waals surface area contributed by atoms with E-state index in [2.05, 4.69) is 20.8 Å². The third kappa shape index (κ3) is 16.7. The molecule has 0 atom stereocenters. The maximum Gasteiger partial charge on any atom is 0.154 e. The van der Waals surface area contributed by atoms with Crippen LogP contribution in [0.25, 0.3) is 0 Å². The highest BCUT2D eigenvalue weighted by atomic mass is 16.7. The Labute approximate surface area is 149 Å². The molecule has 0 unspecified atom stereocenters. The van der Waals surface area contributed by atoms with E-state index in [-0.39, 0.29) is 19.5 Å². The van der Waals surface area contributed by atoms with Crippen LogP contribution in [0.3, 0.4) is 0 Å². The van der Waals surface area contributed by atoms with Crippen molar-refractivity contribution in [2.24, 2.45) is 17.8 Å². The van der Waals surface area contributed by atoms with Gasteiger partial charge in [-0.15, -0.1) is 0 Å². The molecule has 24 heavy (non-hydrogen) atoms. The fourth-order valence-electron chi connectivity index (χ4n) is 2.53. The van der Waals surface area contributed by atoms with Crippen molar-refractivity contribution in [2.45, 2.75) is 79.6 Å². The molecule has 0 amide bonds. The van der Waals surface area contributed by atoms with Gasteiger partial charge in [-0.25, -0.2) is 0 Å². The molecule has 0 radical (unpaired) electrons. The van der Waals surface area contributed by atoms with Crippen LogP contribution >= 0.6 is 0 Å². The Bertz CT molecular complexity index is 230. The number of aliphatic hydroxyl groups excluding tert-OH is 3. The van der Waals surface area contributed by atoms with Crippen LogP contribution in [0.1, 0.15) is 67.2 Å². The maximum atomic E-state index is 8.17. The Morgan fingerprint density at radius 1 is 0.875 bits per heavy atom. The van der Waals surface area contributed by atoms with Gasteiger partial charge in [0.15, 0.2) is 6.29 Å². The summed E-state index contributed by atoms with van der Waals surface area (Å²) >= 11 is 0. The van der Waals surface area contributed by atoms with Crippen LogP contribution in [0, 0.1) is 17.8 Å². The number of rotatable bonds is 7. The van der Waals surface area contributed by atoms with Gasteiger partial charge in [0.2, 0.25) is 0 Å². The van der Waals surface area contributed by atoms with E-state index in [0.29, 0.717) is 0 Å². The van der Waals surface area contributed by atoms with E-state index in [0.717, 1.165) is 31.0 Å². The number of ether oxygens (including phenoxy) is 2. The van der Waals surface area contributed by atoms with Crippen molar-refractivity contribution in [1.29, 1.82) is 0 Å². The first-order valence-electron chi connectivity index (χ1n) is 9.45. The molecule has 5 heteroatoms. The molecule has 0 bridgehead atoms. The van der Waals surface area contributed by atoms with Crippen molar-refractivity contribution < 1.29 is 24.8 Å². The molecular weight excluding hydrogens is 308 g/mol. The Kier molecular flexibility index (Phi) is 19.1. The van der Waals surface area contributed by atoms with E-state index in [1.807, 2.05) is 20.8 Å². The lowest BCUT2D eigenvalue weighted by Gasteiger charge is -2.28. The molecule has 1 aliphatic carbocycles. The summed E-state index contributed by atoms with van der Waals surface area (Å²) in [6.07, 6.45) is 4.93. The SMILES string of the molecule is CC1CCC(C(C)C)CC1.CCOC(C)OCC.OCC(O)CO. The van der Waals surface area contributed by atoms with Gasteiger partial charge >= 0.3 is 0 Å². The minimum absolute atomic E-state index is 0.0370. The van der Waals surface area contributed by atoms with Crippen molar-refractivity contribution in [3.05, 3.63) is 0 Å². The highest BCUT2D eigenvalue weighted by Crippen LogP contribution is 2.32. The second kappa shape index (κ2) is 17.6. The lowest BCUT2D eigenvalue weighted by molar-refractivity contribution is -0.123. The van der Waals surface area contributed by atoms with Gasteiger partial charge in [-0.2, -0.15) is 0 Å². The number of hydrogen-bond acceptors (Lipinski definition) is 5. The molecule has 3 N–H and O–H groups in total. The number of hydrogen-bond donors (Lipinski definition) is 3. The highest BCUT2D eigenvalue weighted by molar-refractivity contribution is 4.71. The standard InChI is InChI=1S/C10H20.C6H14O2.C3H8O3/c1-8(2)10-6-4-9(3)5-7-10;1-4-7-6(3)8-5-2;4-1-3(6)2-5/h8-10H,4-7H2,1-3H3;6H,4-5H2,1-3H3;3-6H,1-2H2. The lowest BCUT2D eigenvalue weighted by Crippen LogP contribution is -2.16. The zero-order valence-electron chi connectivity index (χ0n) is 16.7. The monoisotopic (exact) mass is 350 g/mol. The predicted octanol–water partition coefficient (Wildman–Crippen LogP) is 3.21. The summed E-state index contributed by atoms with van der Waals surface area (Å²) in [5.74, 6) is 2.97. The van der Waals surface area contributed by atoms with E-state index in [9.17, 15) is 0 Å². The van der Waals surface area contributed by atoms with Gasteiger partial charge in [0.25, 0.3) is 0 Å². The largest absolute Gasteiger partial charge is 0.394 e. The molecule has 1 rings (SSSR count). The molecule has 0 aromatic heterocycles. The molecule has 0 saturated heterocycles. The lowest BCUT2D eigenvalue weighted by atomic mass is 9.78. The first-order valence-corrected chi connectivity index (χ1v) is 9.45. The van der Waals surface area contributed by atoms with Crippen LogP contribution < -0.4 is 0 Å². The van der Waals surface area contributed by atoms with E-state index >= 15 is 0 Å². The molecule has 1 saturated carbocycles. The van der Waals surface area contributed by atoms with Crippen LogP contribution in [-0.2, 0) is 9.47 Å². The van der Waals surface area contributed by atoms with E-state index in [4.69, 9.17) is 24.8 Å². The van der Waals surface area contributed by atoms with Crippen LogP contribution in [0.5, 0.6) is 0 Å². The van der Waals surface area contributed by atoms with Crippen molar-refractivity contribution in [2.75, 3.05) is 26.4 Å².